The van der Waals surface area contributed by atoms with Crippen LogP contribution in [0.15, 0.2) is 54.6 Å². The molecule has 138 valence electrons. The van der Waals surface area contributed by atoms with Crippen LogP contribution in [0.2, 0.25) is 0 Å². The lowest BCUT2D eigenvalue weighted by Crippen LogP contribution is -2.39. The van der Waals surface area contributed by atoms with Crippen LogP contribution in [-0.4, -0.2) is 16.6 Å². The van der Waals surface area contributed by atoms with Crippen LogP contribution >= 0.6 is 0 Å². The number of ether oxygens (including phenoxy) is 1. The number of hydrogen-bond acceptors (Lipinski definition) is 4. The zero-order valence-electron chi connectivity index (χ0n) is 15.4. The van der Waals surface area contributed by atoms with Crippen molar-refractivity contribution in [2.24, 2.45) is 0 Å². The second-order valence-electron chi connectivity index (χ2n) is 7.18. The number of amides is 1. The number of nitrogens with one attached hydrogen (secondary N) is 1. The average molecular weight is 356 g/mol. The maximum absolute atomic E-state index is 12.3. The van der Waals surface area contributed by atoms with Gasteiger partial charge in [0.2, 0.25) is 0 Å². The van der Waals surface area contributed by atoms with Crippen molar-refractivity contribution in [3.8, 4) is 0 Å². The van der Waals surface area contributed by atoms with E-state index in [2.05, 4.69) is 5.32 Å². The fourth-order valence-corrected chi connectivity index (χ4v) is 2.64. The number of benzene rings is 2. The quantitative estimate of drug-likeness (QED) is 0.628. The Labute approximate surface area is 153 Å². The number of nitrogens with zero attached hydrogens (tertiary/aromatic N) is 1. The Morgan fingerprint density at radius 1 is 1.04 bits per heavy atom. The second kappa shape index (κ2) is 7.99. The van der Waals surface area contributed by atoms with Gasteiger partial charge < -0.3 is 10.1 Å². The predicted octanol–water partition coefficient (Wildman–Crippen LogP) is 4.58. The van der Waals surface area contributed by atoms with Gasteiger partial charge in [0, 0.05) is 10.5 Å². The molecule has 2 aromatic rings. The molecule has 0 bridgehead atoms. The molecular weight excluding hydrogens is 332 g/mol. The minimum absolute atomic E-state index is 0.375. The van der Waals surface area contributed by atoms with E-state index < -0.39 is 23.8 Å². The van der Waals surface area contributed by atoms with Gasteiger partial charge in [0.25, 0.3) is 6.04 Å². The molecule has 0 radical (unpaired) electrons. The van der Waals surface area contributed by atoms with Crippen molar-refractivity contribution in [1.29, 1.82) is 0 Å². The molecule has 1 N–H and O–H groups in total. The summed E-state index contributed by atoms with van der Waals surface area (Å²) in [5, 5.41) is 14.6. The van der Waals surface area contributed by atoms with Gasteiger partial charge in [0.05, 0.1) is 0 Å². The van der Waals surface area contributed by atoms with E-state index in [-0.39, 0.29) is 4.92 Å². The molecule has 2 aromatic carbocycles. The van der Waals surface area contributed by atoms with Crippen molar-refractivity contribution in [1.82, 2.24) is 5.32 Å². The van der Waals surface area contributed by atoms with Gasteiger partial charge in [0.15, 0.2) is 0 Å². The summed E-state index contributed by atoms with van der Waals surface area (Å²) in [6.07, 6.45) is -0.690. The molecule has 1 amide bonds. The zero-order chi connectivity index (χ0) is 19.3. The summed E-state index contributed by atoms with van der Waals surface area (Å²) < 4.78 is 5.30. The third kappa shape index (κ3) is 5.31. The average Bonchev–Trinajstić information content (AvgIpc) is 2.55. The molecule has 6 heteroatoms. The zero-order valence-corrected chi connectivity index (χ0v) is 15.4. The van der Waals surface area contributed by atoms with E-state index in [1.807, 2.05) is 25.1 Å². The molecule has 0 aliphatic heterocycles. The van der Waals surface area contributed by atoms with Crippen molar-refractivity contribution in [2.45, 2.75) is 45.4 Å². The van der Waals surface area contributed by atoms with Gasteiger partial charge in [-0.25, -0.2) is 4.79 Å². The maximum Gasteiger partial charge on any atom is 0.408 e. The molecule has 0 fully saturated rings. The van der Waals surface area contributed by atoms with Crippen LogP contribution in [0.3, 0.4) is 0 Å². The molecule has 0 aliphatic rings. The summed E-state index contributed by atoms with van der Waals surface area (Å²) in [6, 6.07) is 14.0. The van der Waals surface area contributed by atoms with E-state index in [9.17, 15) is 14.9 Å². The lowest BCUT2D eigenvalue weighted by molar-refractivity contribution is -0.534. The van der Waals surface area contributed by atoms with Gasteiger partial charge in [-0.3, -0.25) is 10.1 Å². The summed E-state index contributed by atoms with van der Waals surface area (Å²) in [7, 11) is 0. The first-order valence-electron chi connectivity index (χ1n) is 8.42. The van der Waals surface area contributed by atoms with Crippen molar-refractivity contribution >= 4 is 6.09 Å². The molecular formula is C20H24N2O4. The standard InChI is InChI=1S/C20H24N2O4/c1-14-10-12-16(13-11-14)18(22(24)25)17(15-8-6-5-7-9-15)21-19(23)26-20(2,3)4/h5-13,17-18H,1-4H3,(H,21,23)/t17-,18+/m1/s1. The third-order valence-corrected chi connectivity index (χ3v) is 3.79. The SMILES string of the molecule is Cc1ccc([C@@H]([C@H](NC(=O)OC(C)(C)C)c2ccccc2)[N+](=O)[O-])cc1. The van der Waals surface area contributed by atoms with Gasteiger partial charge in [-0.2, -0.15) is 0 Å². The molecule has 0 saturated carbocycles. The van der Waals surface area contributed by atoms with E-state index >= 15 is 0 Å². The lowest BCUT2D eigenvalue weighted by atomic mass is 9.93. The monoisotopic (exact) mass is 356 g/mol. The van der Waals surface area contributed by atoms with E-state index in [1.165, 1.54) is 0 Å². The van der Waals surface area contributed by atoms with Crippen LogP contribution in [0.1, 0.15) is 49.5 Å². The minimum Gasteiger partial charge on any atom is -0.444 e. The first kappa shape index (κ1) is 19.4. The van der Waals surface area contributed by atoms with E-state index in [0.717, 1.165) is 5.56 Å². The number of nitro groups is 1. The number of aryl methyl sites for hydroxylation is 1. The van der Waals surface area contributed by atoms with Crippen LogP contribution in [0.25, 0.3) is 0 Å². The van der Waals surface area contributed by atoms with Crippen LogP contribution in [0.4, 0.5) is 4.79 Å². The number of carbonyl (C=O) groups excluding carboxylic acids is 1. The number of carbonyl (C=O) groups is 1. The summed E-state index contributed by atoms with van der Waals surface area (Å²) in [4.78, 5) is 23.8. The molecule has 0 heterocycles. The van der Waals surface area contributed by atoms with Gasteiger partial charge >= 0.3 is 6.09 Å². The van der Waals surface area contributed by atoms with Gasteiger partial charge in [-0.1, -0.05) is 60.2 Å². The second-order valence-corrected chi connectivity index (χ2v) is 7.18. The first-order valence-corrected chi connectivity index (χ1v) is 8.42. The van der Waals surface area contributed by atoms with Crippen molar-refractivity contribution in [2.75, 3.05) is 0 Å². The number of rotatable bonds is 5. The summed E-state index contributed by atoms with van der Waals surface area (Å²) in [5.41, 5.74) is 1.47. The summed E-state index contributed by atoms with van der Waals surface area (Å²) >= 11 is 0. The van der Waals surface area contributed by atoms with Gasteiger partial charge in [-0.15, -0.1) is 0 Å². The van der Waals surface area contributed by atoms with Gasteiger partial charge in [-0.05, 0) is 33.3 Å². The van der Waals surface area contributed by atoms with Crippen molar-refractivity contribution < 1.29 is 14.5 Å². The Balaban J connectivity index is 2.41. The summed E-state index contributed by atoms with van der Waals surface area (Å²) in [6.45, 7) is 7.15. The normalized spacial score (nSPS) is 13.5. The van der Waals surface area contributed by atoms with Crippen LogP contribution in [-0.2, 0) is 4.74 Å². The van der Waals surface area contributed by atoms with Crippen LogP contribution < -0.4 is 5.32 Å². The first-order chi connectivity index (χ1) is 12.2. The summed E-state index contributed by atoms with van der Waals surface area (Å²) in [5.74, 6) is 0. The highest BCUT2D eigenvalue weighted by Gasteiger charge is 2.36. The molecule has 2 atom stereocenters. The molecule has 0 aromatic heterocycles. The fraction of sp³-hybridized carbons (Fsp3) is 0.350. The Hall–Kier alpha value is -2.89. The molecule has 6 nitrogen and oxygen atoms in total. The minimum atomic E-state index is -1.13. The maximum atomic E-state index is 12.3. The number of hydrogen-bond donors (Lipinski definition) is 1. The molecule has 0 unspecified atom stereocenters. The fourth-order valence-electron chi connectivity index (χ4n) is 2.64. The third-order valence-electron chi connectivity index (χ3n) is 3.79. The van der Waals surface area contributed by atoms with Crippen LogP contribution in [0, 0.1) is 17.0 Å². The lowest BCUT2D eigenvalue weighted by Gasteiger charge is -2.26. The highest BCUT2D eigenvalue weighted by atomic mass is 16.6. The Morgan fingerprint density at radius 2 is 1.62 bits per heavy atom. The van der Waals surface area contributed by atoms with Gasteiger partial charge in [0.1, 0.15) is 11.6 Å². The topological polar surface area (TPSA) is 81.5 Å². The number of alkyl carbamates (subject to hydrolysis) is 1. The Bertz CT molecular complexity index is 752. The Morgan fingerprint density at radius 3 is 2.12 bits per heavy atom. The van der Waals surface area contributed by atoms with Crippen molar-refractivity contribution in [3.63, 3.8) is 0 Å². The smallest absolute Gasteiger partial charge is 0.408 e. The molecule has 0 spiro atoms. The molecule has 2 rings (SSSR count). The van der Waals surface area contributed by atoms with E-state index in [4.69, 9.17) is 4.74 Å². The molecule has 26 heavy (non-hydrogen) atoms. The molecule has 0 aliphatic carbocycles. The van der Waals surface area contributed by atoms with E-state index in [0.29, 0.717) is 11.1 Å². The highest BCUT2D eigenvalue weighted by Crippen LogP contribution is 2.32. The molecule has 0 saturated heterocycles. The Kier molecular flexibility index (Phi) is 5.97. The van der Waals surface area contributed by atoms with Crippen molar-refractivity contribution in [3.05, 3.63) is 81.4 Å². The largest absolute Gasteiger partial charge is 0.444 e. The predicted molar refractivity (Wildman–Crippen MR) is 99.5 cm³/mol. The van der Waals surface area contributed by atoms with E-state index in [1.54, 1.807) is 57.2 Å². The highest BCUT2D eigenvalue weighted by molar-refractivity contribution is 5.68. The van der Waals surface area contributed by atoms with Crippen LogP contribution in [0.5, 0.6) is 0 Å².